The Labute approximate surface area is 119 Å². The van der Waals surface area contributed by atoms with E-state index in [2.05, 4.69) is 15.8 Å². The second kappa shape index (κ2) is 4.31. The number of benzene rings is 1. The Balaban J connectivity index is 2.09. The zero-order chi connectivity index (χ0) is 14.5. The molecule has 0 saturated heterocycles. The number of carbonyl (C=O) groups is 2. The third-order valence-corrected chi connectivity index (χ3v) is 4.30. The summed E-state index contributed by atoms with van der Waals surface area (Å²) in [6.45, 7) is 3.49. The van der Waals surface area contributed by atoms with Gasteiger partial charge in [-0.1, -0.05) is 11.8 Å². The summed E-state index contributed by atoms with van der Waals surface area (Å²) in [4.78, 5) is 22.9. The van der Waals surface area contributed by atoms with Gasteiger partial charge >= 0.3 is 0 Å². The average molecular weight is 293 g/mol. The quantitative estimate of drug-likeness (QED) is 0.834. The maximum Gasteiger partial charge on any atom is 0.299 e. The number of anilines is 1. The molecule has 0 saturated carbocycles. The fourth-order valence-corrected chi connectivity index (χ4v) is 2.85. The van der Waals surface area contributed by atoms with Gasteiger partial charge in [-0.05, 0) is 31.5 Å². The van der Waals surface area contributed by atoms with E-state index < -0.39 is 11.2 Å². The first-order valence-corrected chi connectivity index (χ1v) is 7.03. The number of nitrogens with one attached hydrogen (secondary N) is 2. The molecular formula is C13H12FN3O2S. The van der Waals surface area contributed by atoms with Gasteiger partial charge in [0.25, 0.3) is 5.24 Å². The Hall–Kier alpha value is -1.89. The molecule has 1 aromatic rings. The van der Waals surface area contributed by atoms with Crippen LogP contribution in [0, 0.1) is 5.82 Å². The van der Waals surface area contributed by atoms with Gasteiger partial charge in [-0.2, -0.15) is 5.10 Å². The monoisotopic (exact) mass is 293 g/mol. The van der Waals surface area contributed by atoms with Crippen molar-refractivity contribution in [3.8, 4) is 0 Å². The summed E-state index contributed by atoms with van der Waals surface area (Å²) in [5.41, 5.74) is 3.59. The van der Waals surface area contributed by atoms with E-state index in [1.54, 1.807) is 19.9 Å². The van der Waals surface area contributed by atoms with E-state index in [1.165, 1.54) is 6.07 Å². The zero-order valence-corrected chi connectivity index (χ0v) is 11.7. The van der Waals surface area contributed by atoms with Crippen LogP contribution in [0.3, 0.4) is 0 Å². The van der Waals surface area contributed by atoms with E-state index in [0.717, 1.165) is 11.8 Å². The van der Waals surface area contributed by atoms with Crippen molar-refractivity contribution in [2.45, 2.75) is 19.3 Å². The van der Waals surface area contributed by atoms with Crippen LogP contribution in [0.1, 0.15) is 25.0 Å². The molecule has 5 nitrogen and oxygen atoms in total. The van der Waals surface area contributed by atoms with Gasteiger partial charge in [0.05, 0.1) is 16.8 Å². The molecule has 0 radical (unpaired) electrons. The van der Waals surface area contributed by atoms with Gasteiger partial charge < -0.3 is 5.32 Å². The lowest BCUT2D eigenvalue weighted by atomic mass is 9.85. The number of hydrazone groups is 1. The van der Waals surface area contributed by atoms with Crippen LogP contribution >= 0.6 is 11.8 Å². The standard InChI is InChI=1S/C13H12FN3O2S/c1-13(2)7-3-6(9-5-20-12(19)17-16-9)4-8(14)10(7)15-11(13)18/h3-4H,5H2,1-2H3,(H,15,18)(H,17,19). The van der Waals surface area contributed by atoms with Crippen molar-refractivity contribution in [2.24, 2.45) is 5.10 Å². The molecule has 0 aliphatic carbocycles. The van der Waals surface area contributed by atoms with Gasteiger partial charge in [-0.25, -0.2) is 9.82 Å². The largest absolute Gasteiger partial charge is 0.323 e. The minimum atomic E-state index is -0.780. The zero-order valence-electron chi connectivity index (χ0n) is 10.9. The number of nitrogens with zero attached hydrogens (tertiary/aromatic N) is 1. The molecule has 0 bridgehead atoms. The summed E-state index contributed by atoms with van der Waals surface area (Å²) in [5, 5.41) is 6.27. The Morgan fingerprint density at radius 2 is 2.10 bits per heavy atom. The van der Waals surface area contributed by atoms with Crippen LogP contribution in [-0.4, -0.2) is 22.6 Å². The molecule has 2 aliphatic heterocycles. The number of rotatable bonds is 1. The number of hydrogen-bond donors (Lipinski definition) is 2. The van der Waals surface area contributed by atoms with Crippen molar-refractivity contribution in [3.05, 3.63) is 29.1 Å². The lowest BCUT2D eigenvalue weighted by molar-refractivity contribution is -0.119. The van der Waals surface area contributed by atoms with Crippen molar-refractivity contribution >= 4 is 34.3 Å². The highest BCUT2D eigenvalue weighted by Gasteiger charge is 2.40. The lowest BCUT2D eigenvalue weighted by Gasteiger charge is -2.17. The molecule has 3 rings (SSSR count). The summed E-state index contributed by atoms with van der Waals surface area (Å²) in [7, 11) is 0. The predicted molar refractivity (Wildman–Crippen MR) is 75.6 cm³/mol. The van der Waals surface area contributed by atoms with Gasteiger partial charge in [-0.15, -0.1) is 0 Å². The number of carbonyl (C=O) groups excluding carboxylic acids is 2. The van der Waals surface area contributed by atoms with E-state index in [-0.39, 0.29) is 16.8 Å². The molecule has 2 amide bonds. The molecule has 2 heterocycles. The Morgan fingerprint density at radius 1 is 1.35 bits per heavy atom. The van der Waals surface area contributed by atoms with Gasteiger partial charge in [0.2, 0.25) is 5.91 Å². The van der Waals surface area contributed by atoms with Gasteiger partial charge in [0.1, 0.15) is 5.82 Å². The summed E-state index contributed by atoms with van der Waals surface area (Å²) in [5.74, 6) is -0.330. The van der Waals surface area contributed by atoms with E-state index >= 15 is 0 Å². The average Bonchev–Trinajstić information content (AvgIpc) is 2.63. The van der Waals surface area contributed by atoms with Gasteiger partial charge in [0, 0.05) is 11.3 Å². The normalized spacial score (nSPS) is 20.1. The smallest absolute Gasteiger partial charge is 0.299 e. The van der Waals surface area contributed by atoms with Crippen LogP contribution < -0.4 is 10.7 Å². The van der Waals surface area contributed by atoms with Crippen LogP contribution in [-0.2, 0) is 10.2 Å². The SMILES string of the molecule is CC1(C)C(=O)Nc2c(F)cc(C3=NNC(=O)SC3)cc21. The molecule has 2 aliphatic rings. The molecule has 104 valence electrons. The van der Waals surface area contributed by atoms with E-state index in [4.69, 9.17) is 0 Å². The fourth-order valence-electron chi connectivity index (χ4n) is 2.24. The third kappa shape index (κ3) is 1.89. The summed E-state index contributed by atoms with van der Waals surface area (Å²) < 4.78 is 14.1. The fraction of sp³-hybridized carbons (Fsp3) is 0.308. The second-order valence-corrected chi connectivity index (χ2v) is 6.15. The topological polar surface area (TPSA) is 70.6 Å². The Kier molecular flexibility index (Phi) is 2.82. The highest BCUT2D eigenvalue weighted by Crippen LogP contribution is 2.39. The highest BCUT2D eigenvalue weighted by atomic mass is 32.2. The van der Waals surface area contributed by atoms with Crippen LogP contribution in [0.4, 0.5) is 14.9 Å². The Morgan fingerprint density at radius 3 is 2.75 bits per heavy atom. The van der Waals surface area contributed by atoms with Gasteiger partial charge in [0.15, 0.2) is 0 Å². The summed E-state index contributed by atoms with van der Waals surface area (Å²) in [6, 6.07) is 3.09. The number of halogens is 1. The van der Waals surface area contributed by atoms with Crippen molar-refractivity contribution < 1.29 is 14.0 Å². The first-order chi connectivity index (χ1) is 9.39. The van der Waals surface area contributed by atoms with E-state index in [1.807, 2.05) is 0 Å². The summed E-state index contributed by atoms with van der Waals surface area (Å²) >= 11 is 1.07. The van der Waals surface area contributed by atoms with Crippen LogP contribution in [0.25, 0.3) is 0 Å². The molecular weight excluding hydrogens is 281 g/mol. The molecule has 0 fully saturated rings. The predicted octanol–water partition coefficient (Wildman–Crippen LogP) is 2.22. The van der Waals surface area contributed by atoms with Gasteiger partial charge in [-0.3, -0.25) is 9.59 Å². The summed E-state index contributed by atoms with van der Waals surface area (Å²) in [6.07, 6.45) is 0. The van der Waals surface area contributed by atoms with Crippen molar-refractivity contribution in [1.29, 1.82) is 0 Å². The molecule has 2 N–H and O–H groups in total. The minimum Gasteiger partial charge on any atom is -0.323 e. The first kappa shape index (κ1) is 13.1. The van der Waals surface area contributed by atoms with Crippen molar-refractivity contribution in [1.82, 2.24) is 5.43 Å². The minimum absolute atomic E-state index is 0.225. The third-order valence-electron chi connectivity index (χ3n) is 3.53. The number of thioether (sulfide) groups is 1. The van der Waals surface area contributed by atoms with Crippen LogP contribution in [0.15, 0.2) is 17.2 Å². The second-order valence-electron chi connectivity index (χ2n) is 5.21. The van der Waals surface area contributed by atoms with Crippen LogP contribution in [0.2, 0.25) is 0 Å². The first-order valence-electron chi connectivity index (χ1n) is 6.05. The number of hydrogen-bond acceptors (Lipinski definition) is 4. The molecule has 0 aromatic heterocycles. The molecule has 0 unspecified atom stereocenters. The number of amides is 2. The highest BCUT2D eigenvalue weighted by molar-refractivity contribution is 8.14. The molecule has 1 aromatic carbocycles. The van der Waals surface area contributed by atoms with Crippen LogP contribution in [0.5, 0.6) is 0 Å². The van der Waals surface area contributed by atoms with E-state index in [0.29, 0.717) is 22.6 Å². The van der Waals surface area contributed by atoms with E-state index in [9.17, 15) is 14.0 Å². The molecule has 0 atom stereocenters. The van der Waals surface area contributed by atoms with Crippen molar-refractivity contribution in [2.75, 3.05) is 11.1 Å². The molecule has 0 spiro atoms. The number of fused-ring (bicyclic) bond motifs is 1. The Bertz CT molecular complexity index is 670. The lowest BCUT2D eigenvalue weighted by Crippen LogP contribution is -2.27. The maximum atomic E-state index is 14.1. The molecule has 7 heteroatoms. The van der Waals surface area contributed by atoms with Crippen molar-refractivity contribution in [3.63, 3.8) is 0 Å². The molecule has 20 heavy (non-hydrogen) atoms. The maximum absolute atomic E-state index is 14.1.